The largest absolute Gasteiger partial charge is 0.394 e. The van der Waals surface area contributed by atoms with Crippen molar-refractivity contribution in [1.82, 2.24) is 4.90 Å². The van der Waals surface area contributed by atoms with Gasteiger partial charge in [-0.15, -0.1) is 0 Å². The number of nitrogens with zero attached hydrogens (tertiary/aromatic N) is 1. The first-order valence-corrected chi connectivity index (χ1v) is 3.88. The molecule has 1 atom stereocenters. The standard InChI is InChI=1S/C8H15NO/c1-2-5-9-6-3-4-8(9)7-10/h2,5,8,10H,3-4,6-7H2,1H3/b5-2+/t8-/m0/s1. The summed E-state index contributed by atoms with van der Waals surface area (Å²) in [4.78, 5) is 2.21. The summed E-state index contributed by atoms with van der Waals surface area (Å²) in [5.41, 5.74) is 0. The summed E-state index contributed by atoms with van der Waals surface area (Å²) in [6.45, 7) is 3.41. The van der Waals surface area contributed by atoms with E-state index in [2.05, 4.69) is 11.1 Å². The summed E-state index contributed by atoms with van der Waals surface area (Å²) < 4.78 is 0. The molecule has 0 aliphatic carbocycles. The van der Waals surface area contributed by atoms with Gasteiger partial charge in [0.15, 0.2) is 0 Å². The van der Waals surface area contributed by atoms with Gasteiger partial charge in [-0.25, -0.2) is 0 Å². The van der Waals surface area contributed by atoms with Crippen molar-refractivity contribution in [2.24, 2.45) is 0 Å². The van der Waals surface area contributed by atoms with Crippen LogP contribution in [0.5, 0.6) is 0 Å². The molecule has 0 radical (unpaired) electrons. The summed E-state index contributed by atoms with van der Waals surface area (Å²) in [5.74, 6) is 0. The number of aliphatic hydroxyl groups excluding tert-OH is 1. The Labute approximate surface area is 62.2 Å². The van der Waals surface area contributed by atoms with Crippen LogP contribution in [0.3, 0.4) is 0 Å². The van der Waals surface area contributed by atoms with Crippen molar-refractivity contribution in [1.29, 1.82) is 0 Å². The number of hydrogen-bond acceptors (Lipinski definition) is 2. The van der Waals surface area contributed by atoms with Gasteiger partial charge in [-0.3, -0.25) is 0 Å². The summed E-state index contributed by atoms with van der Waals surface area (Å²) in [7, 11) is 0. The molecule has 58 valence electrons. The topological polar surface area (TPSA) is 23.5 Å². The molecule has 0 amide bonds. The molecule has 1 aliphatic heterocycles. The molecule has 2 heteroatoms. The first kappa shape index (κ1) is 7.61. The van der Waals surface area contributed by atoms with E-state index < -0.39 is 0 Å². The fourth-order valence-corrected chi connectivity index (χ4v) is 1.44. The van der Waals surface area contributed by atoms with Gasteiger partial charge < -0.3 is 10.0 Å². The van der Waals surface area contributed by atoms with Gasteiger partial charge in [-0.05, 0) is 26.0 Å². The predicted octanol–water partition coefficient (Wildman–Crippen LogP) is 0.977. The van der Waals surface area contributed by atoms with Crippen molar-refractivity contribution in [3.05, 3.63) is 12.3 Å². The molecule has 0 aromatic rings. The van der Waals surface area contributed by atoms with Crippen LogP contribution in [0.4, 0.5) is 0 Å². The van der Waals surface area contributed by atoms with Crippen molar-refractivity contribution < 1.29 is 5.11 Å². The Morgan fingerprint density at radius 2 is 2.50 bits per heavy atom. The van der Waals surface area contributed by atoms with E-state index >= 15 is 0 Å². The zero-order chi connectivity index (χ0) is 7.40. The minimum absolute atomic E-state index is 0.296. The van der Waals surface area contributed by atoms with Crippen molar-refractivity contribution >= 4 is 0 Å². The van der Waals surface area contributed by atoms with Gasteiger partial charge in [0.05, 0.1) is 12.6 Å². The molecule has 0 aromatic heterocycles. The normalized spacial score (nSPS) is 26.6. The van der Waals surface area contributed by atoms with E-state index in [4.69, 9.17) is 5.11 Å². The maximum atomic E-state index is 8.89. The van der Waals surface area contributed by atoms with Gasteiger partial charge in [0.2, 0.25) is 0 Å². The maximum Gasteiger partial charge on any atom is 0.0634 e. The van der Waals surface area contributed by atoms with Crippen molar-refractivity contribution in [2.45, 2.75) is 25.8 Å². The van der Waals surface area contributed by atoms with Crippen molar-refractivity contribution in [3.8, 4) is 0 Å². The van der Waals surface area contributed by atoms with E-state index in [-0.39, 0.29) is 0 Å². The predicted molar refractivity (Wildman–Crippen MR) is 41.6 cm³/mol. The van der Waals surface area contributed by atoms with Crippen LogP contribution >= 0.6 is 0 Å². The van der Waals surface area contributed by atoms with Crippen LogP contribution in [-0.2, 0) is 0 Å². The van der Waals surface area contributed by atoms with Gasteiger partial charge in [-0.1, -0.05) is 6.08 Å². The van der Waals surface area contributed by atoms with Crippen LogP contribution in [0.15, 0.2) is 12.3 Å². The SMILES string of the molecule is C/C=C/N1CCC[C@H]1CO. The summed E-state index contributed by atoms with van der Waals surface area (Å²) in [6.07, 6.45) is 6.44. The average molecular weight is 141 g/mol. The van der Waals surface area contributed by atoms with Gasteiger partial charge in [0.25, 0.3) is 0 Å². The molecule has 1 rings (SSSR count). The van der Waals surface area contributed by atoms with E-state index in [1.54, 1.807) is 0 Å². The van der Waals surface area contributed by atoms with Gasteiger partial charge in [0, 0.05) is 6.54 Å². The van der Waals surface area contributed by atoms with Gasteiger partial charge >= 0.3 is 0 Å². The fraction of sp³-hybridized carbons (Fsp3) is 0.750. The highest BCUT2D eigenvalue weighted by Gasteiger charge is 2.19. The molecule has 10 heavy (non-hydrogen) atoms. The lowest BCUT2D eigenvalue weighted by atomic mass is 10.2. The van der Waals surface area contributed by atoms with E-state index in [0.29, 0.717) is 12.6 Å². The fourth-order valence-electron chi connectivity index (χ4n) is 1.44. The molecule has 0 spiro atoms. The summed E-state index contributed by atoms with van der Waals surface area (Å²) in [6, 6.07) is 0.385. The molecule has 1 heterocycles. The molecular formula is C8H15NO. The van der Waals surface area contributed by atoms with Crippen LogP contribution < -0.4 is 0 Å². The molecule has 1 saturated heterocycles. The Kier molecular flexibility index (Phi) is 2.75. The van der Waals surface area contributed by atoms with Gasteiger partial charge in [-0.2, -0.15) is 0 Å². The van der Waals surface area contributed by atoms with Crippen LogP contribution in [0.1, 0.15) is 19.8 Å². The second-order valence-electron chi connectivity index (χ2n) is 2.70. The smallest absolute Gasteiger partial charge is 0.0634 e. The Hall–Kier alpha value is -0.500. The molecule has 0 saturated carbocycles. The van der Waals surface area contributed by atoms with Crippen molar-refractivity contribution in [2.75, 3.05) is 13.2 Å². The zero-order valence-electron chi connectivity index (χ0n) is 6.45. The Bertz CT molecular complexity index is 122. The lowest BCUT2D eigenvalue weighted by molar-refractivity contribution is 0.196. The minimum atomic E-state index is 0.296. The molecule has 1 N–H and O–H groups in total. The highest BCUT2D eigenvalue weighted by molar-refractivity contribution is 4.88. The maximum absolute atomic E-state index is 8.89. The molecule has 0 aromatic carbocycles. The molecule has 2 nitrogen and oxygen atoms in total. The Morgan fingerprint density at radius 3 is 3.10 bits per heavy atom. The third-order valence-electron chi connectivity index (χ3n) is 1.97. The number of hydrogen-bond donors (Lipinski definition) is 1. The Morgan fingerprint density at radius 1 is 1.70 bits per heavy atom. The number of likely N-dealkylation sites (tertiary alicyclic amines) is 1. The zero-order valence-corrected chi connectivity index (χ0v) is 6.45. The average Bonchev–Trinajstić information content (AvgIpc) is 2.36. The first-order chi connectivity index (χ1) is 4.88. The number of aliphatic hydroxyl groups is 1. The van der Waals surface area contributed by atoms with Crippen LogP contribution in [0.25, 0.3) is 0 Å². The lowest BCUT2D eigenvalue weighted by Gasteiger charge is -2.19. The molecule has 1 fully saturated rings. The van der Waals surface area contributed by atoms with E-state index in [0.717, 1.165) is 13.0 Å². The number of rotatable bonds is 2. The van der Waals surface area contributed by atoms with Crippen LogP contribution in [-0.4, -0.2) is 29.2 Å². The Balaban J connectivity index is 2.41. The second-order valence-corrected chi connectivity index (χ2v) is 2.70. The summed E-state index contributed by atoms with van der Waals surface area (Å²) >= 11 is 0. The van der Waals surface area contributed by atoms with Crippen LogP contribution in [0, 0.1) is 0 Å². The van der Waals surface area contributed by atoms with Gasteiger partial charge in [0.1, 0.15) is 0 Å². The summed E-state index contributed by atoms with van der Waals surface area (Å²) in [5, 5.41) is 8.89. The van der Waals surface area contributed by atoms with E-state index in [1.165, 1.54) is 6.42 Å². The second kappa shape index (κ2) is 3.62. The minimum Gasteiger partial charge on any atom is -0.394 e. The first-order valence-electron chi connectivity index (χ1n) is 3.88. The highest BCUT2D eigenvalue weighted by atomic mass is 16.3. The molecule has 0 bridgehead atoms. The van der Waals surface area contributed by atoms with Crippen LogP contribution in [0.2, 0.25) is 0 Å². The quantitative estimate of drug-likeness (QED) is 0.619. The molecular weight excluding hydrogens is 126 g/mol. The van der Waals surface area contributed by atoms with Crippen molar-refractivity contribution in [3.63, 3.8) is 0 Å². The highest BCUT2D eigenvalue weighted by Crippen LogP contribution is 2.16. The third kappa shape index (κ3) is 1.51. The monoisotopic (exact) mass is 141 g/mol. The lowest BCUT2D eigenvalue weighted by Crippen LogP contribution is -2.26. The molecule has 0 unspecified atom stereocenters. The molecule has 1 aliphatic rings. The third-order valence-corrected chi connectivity index (χ3v) is 1.97. The van der Waals surface area contributed by atoms with E-state index in [9.17, 15) is 0 Å². The number of allylic oxidation sites excluding steroid dienone is 1. The van der Waals surface area contributed by atoms with E-state index in [1.807, 2.05) is 13.0 Å².